The molecule has 0 saturated heterocycles. The zero-order valence-corrected chi connectivity index (χ0v) is 10.8. The Kier molecular flexibility index (Phi) is 3.62. The van der Waals surface area contributed by atoms with Gasteiger partial charge in [0, 0.05) is 19.8 Å². The van der Waals surface area contributed by atoms with Gasteiger partial charge in [0.05, 0.1) is 4.90 Å². The van der Waals surface area contributed by atoms with E-state index in [2.05, 4.69) is 4.40 Å². The highest BCUT2D eigenvalue weighted by Crippen LogP contribution is 2.11. The van der Waals surface area contributed by atoms with Crippen LogP contribution >= 0.6 is 0 Å². The SMILES string of the molecule is CN1C=CC=C(C=NS(=O)(=O)c2ccccc2)C1. The van der Waals surface area contributed by atoms with E-state index >= 15 is 0 Å². The van der Waals surface area contributed by atoms with E-state index in [-0.39, 0.29) is 4.90 Å². The standard InChI is InChI=1S/C13H14N2O2S/c1-15-9-5-6-12(11-15)10-14-18(16,17)13-7-3-2-4-8-13/h2-10H,11H2,1H3. The number of hydrogen-bond acceptors (Lipinski definition) is 3. The van der Waals surface area contributed by atoms with Gasteiger partial charge in [0.25, 0.3) is 10.0 Å². The summed E-state index contributed by atoms with van der Waals surface area (Å²) in [7, 11) is -1.67. The van der Waals surface area contributed by atoms with Gasteiger partial charge in [-0.25, -0.2) is 0 Å². The topological polar surface area (TPSA) is 49.7 Å². The lowest BCUT2D eigenvalue weighted by Crippen LogP contribution is -2.17. The second kappa shape index (κ2) is 5.18. The highest BCUT2D eigenvalue weighted by Gasteiger charge is 2.11. The number of likely N-dealkylation sites (N-methyl/N-ethyl adjacent to an activating group) is 1. The van der Waals surface area contributed by atoms with Crippen LogP contribution in [0.25, 0.3) is 0 Å². The van der Waals surface area contributed by atoms with Crippen molar-refractivity contribution >= 4 is 16.2 Å². The van der Waals surface area contributed by atoms with Gasteiger partial charge < -0.3 is 4.90 Å². The molecule has 94 valence electrons. The normalized spacial score (nSPS) is 16.1. The summed E-state index contributed by atoms with van der Waals surface area (Å²) in [5.74, 6) is 0. The monoisotopic (exact) mass is 262 g/mol. The van der Waals surface area contributed by atoms with Crippen molar-refractivity contribution in [1.82, 2.24) is 4.90 Å². The van der Waals surface area contributed by atoms with Crippen LogP contribution in [-0.2, 0) is 10.0 Å². The summed E-state index contributed by atoms with van der Waals surface area (Å²) in [6, 6.07) is 8.20. The number of benzene rings is 1. The van der Waals surface area contributed by atoms with Gasteiger partial charge in [-0.1, -0.05) is 24.3 Å². The molecule has 1 aliphatic rings. The molecular formula is C13H14N2O2S. The molecule has 0 bridgehead atoms. The summed E-state index contributed by atoms with van der Waals surface area (Å²) in [6.45, 7) is 0.657. The van der Waals surface area contributed by atoms with Crippen molar-refractivity contribution in [3.05, 3.63) is 54.3 Å². The Hall–Kier alpha value is -1.88. The Morgan fingerprint density at radius 1 is 1.28 bits per heavy atom. The molecule has 4 nitrogen and oxygen atoms in total. The van der Waals surface area contributed by atoms with E-state index in [1.807, 2.05) is 30.3 Å². The van der Waals surface area contributed by atoms with Gasteiger partial charge in [-0.3, -0.25) is 0 Å². The third kappa shape index (κ3) is 3.07. The van der Waals surface area contributed by atoms with E-state index in [1.165, 1.54) is 18.3 Å². The van der Waals surface area contributed by atoms with Gasteiger partial charge in [0.2, 0.25) is 0 Å². The van der Waals surface area contributed by atoms with Crippen molar-refractivity contribution < 1.29 is 8.42 Å². The number of sulfonamides is 1. The van der Waals surface area contributed by atoms with E-state index in [9.17, 15) is 8.42 Å². The Morgan fingerprint density at radius 3 is 2.67 bits per heavy atom. The van der Waals surface area contributed by atoms with Crippen LogP contribution in [0.4, 0.5) is 0 Å². The minimum Gasteiger partial charge on any atom is -0.376 e. The van der Waals surface area contributed by atoms with E-state index in [0.717, 1.165) is 5.57 Å². The zero-order valence-electron chi connectivity index (χ0n) is 10.0. The summed E-state index contributed by atoms with van der Waals surface area (Å²) in [6.07, 6.45) is 7.04. The molecule has 1 aliphatic heterocycles. The molecule has 1 aromatic rings. The van der Waals surface area contributed by atoms with Crippen LogP contribution in [-0.4, -0.2) is 33.1 Å². The maximum Gasteiger partial charge on any atom is 0.282 e. The second-order valence-corrected chi connectivity index (χ2v) is 5.65. The van der Waals surface area contributed by atoms with E-state index in [4.69, 9.17) is 0 Å². The van der Waals surface area contributed by atoms with Crippen molar-refractivity contribution in [3.8, 4) is 0 Å². The van der Waals surface area contributed by atoms with Crippen LogP contribution in [0.1, 0.15) is 0 Å². The molecule has 0 amide bonds. The molecular weight excluding hydrogens is 248 g/mol. The molecule has 0 spiro atoms. The first-order valence-electron chi connectivity index (χ1n) is 5.51. The predicted molar refractivity (Wildman–Crippen MR) is 72.0 cm³/mol. The Bertz CT molecular complexity index is 601. The third-order valence-electron chi connectivity index (χ3n) is 2.48. The summed E-state index contributed by atoms with van der Waals surface area (Å²) in [5, 5.41) is 0. The molecule has 0 N–H and O–H groups in total. The average molecular weight is 262 g/mol. The van der Waals surface area contributed by atoms with Crippen molar-refractivity contribution in [2.45, 2.75) is 4.90 Å². The van der Waals surface area contributed by atoms with Crippen molar-refractivity contribution in [1.29, 1.82) is 0 Å². The van der Waals surface area contributed by atoms with E-state index < -0.39 is 10.0 Å². The highest BCUT2D eigenvalue weighted by atomic mass is 32.2. The van der Waals surface area contributed by atoms with Crippen molar-refractivity contribution in [3.63, 3.8) is 0 Å². The molecule has 0 radical (unpaired) electrons. The van der Waals surface area contributed by atoms with E-state index in [0.29, 0.717) is 6.54 Å². The van der Waals surface area contributed by atoms with Crippen LogP contribution in [0.5, 0.6) is 0 Å². The van der Waals surface area contributed by atoms with Gasteiger partial charge in [0.1, 0.15) is 0 Å². The summed E-state index contributed by atoms with van der Waals surface area (Å²) < 4.78 is 27.5. The molecule has 0 aliphatic carbocycles. The fraction of sp³-hybridized carbons (Fsp3) is 0.154. The molecule has 0 aromatic heterocycles. The van der Waals surface area contributed by atoms with Crippen LogP contribution in [0, 0.1) is 0 Å². The van der Waals surface area contributed by atoms with Gasteiger partial charge in [0.15, 0.2) is 0 Å². The van der Waals surface area contributed by atoms with Gasteiger partial charge in [-0.15, -0.1) is 0 Å². The maximum atomic E-state index is 11.9. The number of allylic oxidation sites excluding steroid dienone is 2. The van der Waals surface area contributed by atoms with E-state index in [1.54, 1.807) is 18.2 Å². The second-order valence-electron chi connectivity index (χ2n) is 4.02. The fourth-order valence-electron chi connectivity index (χ4n) is 1.58. The van der Waals surface area contributed by atoms with Crippen LogP contribution < -0.4 is 0 Å². The maximum absolute atomic E-state index is 11.9. The van der Waals surface area contributed by atoms with Gasteiger partial charge >= 0.3 is 0 Å². The first-order chi connectivity index (χ1) is 8.58. The zero-order chi connectivity index (χ0) is 13.0. The molecule has 0 fully saturated rings. The third-order valence-corrected chi connectivity index (χ3v) is 3.73. The first kappa shape index (κ1) is 12.6. The smallest absolute Gasteiger partial charge is 0.282 e. The van der Waals surface area contributed by atoms with Gasteiger partial charge in [-0.05, 0) is 30.0 Å². The molecule has 1 heterocycles. The van der Waals surface area contributed by atoms with Crippen molar-refractivity contribution in [2.75, 3.05) is 13.6 Å². The molecule has 18 heavy (non-hydrogen) atoms. The Labute approximate surface area is 107 Å². The van der Waals surface area contributed by atoms with Crippen molar-refractivity contribution in [2.24, 2.45) is 4.40 Å². The molecule has 0 atom stereocenters. The van der Waals surface area contributed by atoms with Gasteiger partial charge in [-0.2, -0.15) is 12.8 Å². The summed E-state index contributed by atoms with van der Waals surface area (Å²) in [5.41, 5.74) is 0.861. The molecule has 5 heteroatoms. The average Bonchev–Trinajstić information content (AvgIpc) is 2.38. The van der Waals surface area contributed by atoms with Crippen LogP contribution in [0.15, 0.2) is 63.6 Å². The lowest BCUT2D eigenvalue weighted by Gasteiger charge is -2.16. The number of rotatable bonds is 3. The lowest BCUT2D eigenvalue weighted by molar-refractivity contribution is 0.499. The number of nitrogens with zero attached hydrogens (tertiary/aromatic N) is 2. The summed E-state index contributed by atoms with van der Waals surface area (Å²) in [4.78, 5) is 2.16. The highest BCUT2D eigenvalue weighted by molar-refractivity contribution is 7.90. The minimum atomic E-state index is -3.59. The summed E-state index contributed by atoms with van der Waals surface area (Å²) >= 11 is 0. The first-order valence-corrected chi connectivity index (χ1v) is 6.95. The Balaban J connectivity index is 2.19. The molecule has 0 unspecified atom stereocenters. The number of hydrogen-bond donors (Lipinski definition) is 0. The van der Waals surface area contributed by atoms with Crippen LogP contribution in [0.3, 0.4) is 0 Å². The molecule has 1 aromatic carbocycles. The predicted octanol–water partition coefficient (Wildman–Crippen LogP) is 1.83. The molecule has 0 saturated carbocycles. The molecule has 2 rings (SSSR count). The minimum absolute atomic E-state index is 0.210. The Morgan fingerprint density at radius 2 is 2.00 bits per heavy atom. The quantitative estimate of drug-likeness (QED) is 0.781. The largest absolute Gasteiger partial charge is 0.376 e. The fourth-order valence-corrected chi connectivity index (χ4v) is 2.48. The van der Waals surface area contributed by atoms with Crippen LogP contribution in [0.2, 0.25) is 0 Å². The lowest BCUT2D eigenvalue weighted by atomic mass is 10.2.